The summed E-state index contributed by atoms with van der Waals surface area (Å²) in [5, 5.41) is 1.19. The van der Waals surface area contributed by atoms with Gasteiger partial charge in [-0.1, -0.05) is 37.5 Å². The fraction of sp³-hybridized carbons (Fsp3) is 0.462. The normalized spacial score (nSPS) is 23.7. The fourth-order valence-electron chi connectivity index (χ4n) is 6.04. The molecule has 4 nitrogen and oxygen atoms in total. The van der Waals surface area contributed by atoms with Crippen molar-refractivity contribution >= 4 is 27.3 Å². The molecular weight excluding hydrogens is 404 g/mol. The molecule has 6 rings (SSSR count). The van der Waals surface area contributed by atoms with Gasteiger partial charge in [0.15, 0.2) is 0 Å². The van der Waals surface area contributed by atoms with Gasteiger partial charge in [-0.25, -0.2) is 0 Å². The highest BCUT2D eigenvalue weighted by Crippen LogP contribution is 2.38. The van der Waals surface area contributed by atoms with Crippen LogP contribution in [0.25, 0.3) is 20.5 Å². The molecule has 2 aromatic heterocycles. The first-order chi connectivity index (χ1) is 15.2. The summed E-state index contributed by atoms with van der Waals surface area (Å²) in [4.78, 5) is 29.8. The number of aromatic nitrogens is 1. The average Bonchev–Trinajstić information content (AvgIpc) is 3.24. The molecule has 0 spiro atoms. The second-order valence-electron chi connectivity index (χ2n) is 9.61. The van der Waals surface area contributed by atoms with E-state index >= 15 is 0 Å². The van der Waals surface area contributed by atoms with Crippen LogP contribution >= 0.6 is 11.3 Å². The minimum absolute atomic E-state index is 0.130. The molecule has 0 radical (unpaired) electrons. The Balaban J connectivity index is 1.30. The monoisotopic (exact) mass is 432 g/mol. The summed E-state index contributed by atoms with van der Waals surface area (Å²) >= 11 is 1.69. The van der Waals surface area contributed by atoms with E-state index in [0.29, 0.717) is 11.8 Å². The predicted octanol–water partition coefficient (Wildman–Crippen LogP) is 5.26. The van der Waals surface area contributed by atoms with E-state index in [1.54, 1.807) is 11.3 Å². The van der Waals surface area contributed by atoms with Crippen LogP contribution in [-0.4, -0.2) is 28.5 Å². The van der Waals surface area contributed by atoms with E-state index in [9.17, 15) is 9.59 Å². The van der Waals surface area contributed by atoms with Crippen LogP contribution in [0.3, 0.4) is 0 Å². The minimum atomic E-state index is 0.130. The summed E-state index contributed by atoms with van der Waals surface area (Å²) in [6, 6.07) is 14.6. The number of nitrogens with zero attached hydrogens (tertiary/aromatic N) is 2. The van der Waals surface area contributed by atoms with Gasteiger partial charge in [-0.15, -0.1) is 11.3 Å². The quantitative estimate of drug-likeness (QED) is 0.555. The molecule has 1 aliphatic carbocycles. The molecule has 2 atom stereocenters. The Morgan fingerprint density at radius 2 is 1.81 bits per heavy atom. The molecule has 1 saturated heterocycles. The average molecular weight is 433 g/mol. The van der Waals surface area contributed by atoms with Gasteiger partial charge < -0.3 is 9.47 Å². The molecule has 31 heavy (non-hydrogen) atoms. The van der Waals surface area contributed by atoms with Crippen LogP contribution in [0.2, 0.25) is 0 Å². The zero-order valence-electron chi connectivity index (χ0n) is 17.8. The molecule has 1 aromatic carbocycles. The van der Waals surface area contributed by atoms with Crippen molar-refractivity contribution in [3.05, 3.63) is 58.5 Å². The minimum Gasteiger partial charge on any atom is -0.341 e. The first-order valence-corrected chi connectivity index (χ1v) is 12.5. The van der Waals surface area contributed by atoms with Crippen molar-refractivity contribution in [3.8, 4) is 10.4 Å². The van der Waals surface area contributed by atoms with Crippen molar-refractivity contribution in [2.24, 2.45) is 11.8 Å². The number of amides is 1. The van der Waals surface area contributed by atoms with Gasteiger partial charge in [-0.3, -0.25) is 9.59 Å². The third-order valence-electron chi connectivity index (χ3n) is 7.56. The number of thiophene rings is 1. The van der Waals surface area contributed by atoms with Crippen molar-refractivity contribution in [2.45, 2.75) is 51.0 Å². The van der Waals surface area contributed by atoms with Crippen molar-refractivity contribution < 1.29 is 4.79 Å². The number of carbonyl (C=O) groups excluding carboxylic acids is 1. The molecule has 1 amide bonds. The number of rotatable bonds is 2. The van der Waals surface area contributed by atoms with Gasteiger partial charge in [0.25, 0.3) is 5.56 Å². The van der Waals surface area contributed by atoms with E-state index in [-0.39, 0.29) is 17.4 Å². The summed E-state index contributed by atoms with van der Waals surface area (Å²) in [7, 11) is 0. The zero-order valence-corrected chi connectivity index (χ0v) is 18.6. The SMILES string of the molecule is O=C(C1CCCCC1)N1C[C@@H]2C[C@H](C1)c1ccc(-c3cc4ccccc4s3)c(=O)n1C2. The maximum absolute atomic E-state index is 13.5. The molecule has 1 saturated carbocycles. The second-order valence-corrected chi connectivity index (χ2v) is 10.7. The van der Waals surface area contributed by atoms with Gasteiger partial charge in [-0.05, 0) is 54.8 Å². The van der Waals surface area contributed by atoms with Crippen LogP contribution < -0.4 is 5.56 Å². The van der Waals surface area contributed by atoms with E-state index in [1.807, 2.05) is 22.8 Å². The maximum Gasteiger partial charge on any atom is 0.259 e. The maximum atomic E-state index is 13.5. The van der Waals surface area contributed by atoms with Crippen LogP contribution in [0, 0.1) is 11.8 Å². The van der Waals surface area contributed by atoms with Crippen LogP contribution in [0.15, 0.2) is 47.3 Å². The second kappa shape index (κ2) is 7.63. The van der Waals surface area contributed by atoms with Crippen molar-refractivity contribution in [1.29, 1.82) is 0 Å². The first kappa shape index (κ1) is 19.3. The van der Waals surface area contributed by atoms with E-state index in [4.69, 9.17) is 0 Å². The highest BCUT2D eigenvalue weighted by atomic mass is 32.1. The van der Waals surface area contributed by atoms with Gasteiger partial charge in [0.05, 0.1) is 5.56 Å². The Morgan fingerprint density at radius 3 is 2.65 bits per heavy atom. The zero-order chi connectivity index (χ0) is 20.9. The number of fused-ring (bicyclic) bond motifs is 5. The molecule has 5 heteroatoms. The summed E-state index contributed by atoms with van der Waals surface area (Å²) in [5.74, 6) is 1.26. The van der Waals surface area contributed by atoms with Crippen LogP contribution in [0.1, 0.15) is 50.1 Å². The van der Waals surface area contributed by atoms with Gasteiger partial charge in [0.1, 0.15) is 0 Å². The lowest BCUT2D eigenvalue weighted by atomic mass is 9.81. The van der Waals surface area contributed by atoms with Crippen LogP contribution in [0.5, 0.6) is 0 Å². The molecule has 0 N–H and O–H groups in total. The summed E-state index contributed by atoms with van der Waals surface area (Å²) in [6.07, 6.45) is 6.85. The smallest absolute Gasteiger partial charge is 0.259 e. The van der Waals surface area contributed by atoms with E-state index in [2.05, 4.69) is 29.2 Å². The number of piperidine rings is 1. The largest absolute Gasteiger partial charge is 0.341 e. The Kier molecular flexibility index (Phi) is 4.75. The first-order valence-electron chi connectivity index (χ1n) is 11.7. The number of hydrogen-bond acceptors (Lipinski definition) is 3. The number of benzene rings is 1. The number of hydrogen-bond donors (Lipinski definition) is 0. The molecule has 2 bridgehead atoms. The highest BCUT2D eigenvalue weighted by Gasteiger charge is 2.38. The van der Waals surface area contributed by atoms with Crippen molar-refractivity contribution in [1.82, 2.24) is 9.47 Å². The molecule has 3 aromatic rings. The lowest BCUT2D eigenvalue weighted by Gasteiger charge is -2.44. The molecular formula is C26H28N2O2S. The standard InChI is InChI=1S/C26H28N2O2S/c29-25(18-6-2-1-3-7-18)27-14-17-12-20(16-27)22-11-10-21(26(30)28(22)15-17)24-13-19-8-4-5-9-23(19)31-24/h4-5,8-11,13,17-18,20H,1-3,6-7,12,14-16H2/t17-,20+/m0/s1. The Labute approximate surface area is 186 Å². The highest BCUT2D eigenvalue weighted by molar-refractivity contribution is 7.22. The van der Waals surface area contributed by atoms with Crippen LogP contribution in [0.4, 0.5) is 0 Å². The lowest BCUT2D eigenvalue weighted by molar-refractivity contribution is -0.139. The Bertz CT molecular complexity index is 1170. The van der Waals surface area contributed by atoms with Crippen molar-refractivity contribution in [3.63, 3.8) is 0 Å². The summed E-state index contributed by atoms with van der Waals surface area (Å²) in [6.45, 7) is 2.32. The topological polar surface area (TPSA) is 42.3 Å². The third kappa shape index (κ3) is 3.34. The van der Waals surface area contributed by atoms with Gasteiger partial charge in [0, 0.05) is 46.7 Å². The lowest BCUT2D eigenvalue weighted by Crippen LogP contribution is -2.50. The summed E-state index contributed by atoms with van der Waals surface area (Å²) in [5.41, 5.74) is 2.05. The fourth-order valence-corrected chi connectivity index (χ4v) is 7.12. The molecule has 4 heterocycles. The third-order valence-corrected chi connectivity index (χ3v) is 8.71. The summed E-state index contributed by atoms with van der Waals surface area (Å²) < 4.78 is 3.23. The molecule has 3 aliphatic rings. The van der Waals surface area contributed by atoms with Gasteiger partial charge in [-0.2, -0.15) is 0 Å². The van der Waals surface area contributed by atoms with Gasteiger partial charge in [0.2, 0.25) is 5.91 Å². The van der Waals surface area contributed by atoms with Crippen molar-refractivity contribution in [2.75, 3.05) is 13.1 Å². The van der Waals surface area contributed by atoms with E-state index in [1.165, 1.54) is 29.3 Å². The van der Waals surface area contributed by atoms with Crippen LogP contribution in [-0.2, 0) is 11.3 Å². The Morgan fingerprint density at radius 1 is 0.968 bits per heavy atom. The Hall–Kier alpha value is -2.40. The van der Waals surface area contributed by atoms with E-state index in [0.717, 1.165) is 55.0 Å². The molecule has 2 fully saturated rings. The van der Waals surface area contributed by atoms with E-state index < -0.39 is 0 Å². The molecule has 160 valence electrons. The number of carbonyl (C=O) groups is 1. The number of pyridine rings is 1. The van der Waals surface area contributed by atoms with Gasteiger partial charge >= 0.3 is 0 Å². The number of likely N-dealkylation sites (tertiary alicyclic amines) is 1. The predicted molar refractivity (Wildman–Crippen MR) is 126 cm³/mol. The molecule has 0 unspecified atom stereocenters. The molecule has 2 aliphatic heterocycles.